The number of carbonyl (C=O) groups is 2. The van der Waals surface area contributed by atoms with Gasteiger partial charge in [0.15, 0.2) is 0 Å². The summed E-state index contributed by atoms with van der Waals surface area (Å²) in [6, 6.07) is 0. The summed E-state index contributed by atoms with van der Waals surface area (Å²) < 4.78 is 0. The fraction of sp³-hybridized carbons (Fsp3) is 0.750. The molecule has 5 heteroatoms. The van der Waals surface area contributed by atoms with Crippen LogP contribution >= 0.6 is 0 Å². The molecular formula is C8H15NO4. The Morgan fingerprint density at radius 3 is 2.38 bits per heavy atom. The maximum absolute atomic E-state index is 10.9. The first-order valence-corrected chi connectivity index (χ1v) is 4.26. The van der Waals surface area contributed by atoms with Crippen LogP contribution in [0.2, 0.25) is 0 Å². The van der Waals surface area contributed by atoms with E-state index in [1.165, 1.54) is 0 Å². The van der Waals surface area contributed by atoms with Gasteiger partial charge in [-0.2, -0.15) is 0 Å². The Hall–Kier alpha value is -1.10. The molecular weight excluding hydrogens is 174 g/mol. The van der Waals surface area contributed by atoms with Crippen molar-refractivity contribution in [1.82, 2.24) is 5.32 Å². The fourth-order valence-corrected chi connectivity index (χ4v) is 0.773. The topological polar surface area (TPSA) is 86.6 Å². The molecule has 3 N–H and O–H groups in total. The molecule has 0 aromatic carbocycles. The molecule has 0 spiro atoms. The van der Waals surface area contributed by atoms with Gasteiger partial charge in [-0.1, -0.05) is 0 Å². The predicted molar refractivity (Wildman–Crippen MR) is 46.2 cm³/mol. The number of unbranched alkanes of at least 4 members (excludes halogenated alkanes) is 1. The van der Waals surface area contributed by atoms with Crippen LogP contribution in [0.4, 0.5) is 0 Å². The number of aliphatic carboxylic acids is 1. The molecule has 76 valence electrons. The van der Waals surface area contributed by atoms with Gasteiger partial charge in [-0.25, -0.2) is 0 Å². The summed E-state index contributed by atoms with van der Waals surface area (Å²) in [7, 11) is 0. The van der Waals surface area contributed by atoms with E-state index in [9.17, 15) is 9.59 Å². The standard InChI is InChI=1S/C8H15NO4/c10-6-2-1-5-9-7(11)3-4-8(12)13/h10H,1-6H2,(H,9,11)(H,12,13). The first-order chi connectivity index (χ1) is 6.16. The predicted octanol–water partition coefficient (Wildman–Crippen LogP) is -0.260. The molecule has 5 nitrogen and oxygen atoms in total. The number of rotatable bonds is 7. The molecule has 0 saturated heterocycles. The number of carboxylic acids is 1. The molecule has 0 saturated carbocycles. The summed E-state index contributed by atoms with van der Waals surface area (Å²) in [6.45, 7) is 0.615. The van der Waals surface area contributed by atoms with E-state index in [1.807, 2.05) is 0 Å². The molecule has 0 atom stereocenters. The Morgan fingerprint density at radius 1 is 1.15 bits per heavy atom. The zero-order chi connectivity index (χ0) is 10.1. The Labute approximate surface area is 76.8 Å². The minimum Gasteiger partial charge on any atom is -0.481 e. The number of carbonyl (C=O) groups excluding carboxylic acids is 1. The number of amides is 1. The number of carboxylic acid groups (broad SMARTS) is 1. The lowest BCUT2D eigenvalue weighted by Crippen LogP contribution is -2.24. The zero-order valence-electron chi connectivity index (χ0n) is 7.45. The van der Waals surface area contributed by atoms with E-state index in [2.05, 4.69) is 5.32 Å². The Balaban J connectivity index is 3.25. The molecule has 0 bridgehead atoms. The largest absolute Gasteiger partial charge is 0.481 e. The van der Waals surface area contributed by atoms with Gasteiger partial charge in [0.2, 0.25) is 5.91 Å². The second-order valence-corrected chi connectivity index (χ2v) is 2.67. The first-order valence-electron chi connectivity index (χ1n) is 4.26. The van der Waals surface area contributed by atoms with E-state index < -0.39 is 5.97 Å². The lowest BCUT2D eigenvalue weighted by molar-refractivity contribution is -0.138. The van der Waals surface area contributed by atoms with Crippen LogP contribution in [-0.2, 0) is 9.59 Å². The summed E-state index contributed by atoms with van der Waals surface area (Å²) in [5.74, 6) is -1.22. The van der Waals surface area contributed by atoms with Crippen molar-refractivity contribution in [3.05, 3.63) is 0 Å². The van der Waals surface area contributed by atoms with E-state index in [0.29, 0.717) is 13.0 Å². The summed E-state index contributed by atoms with van der Waals surface area (Å²) in [5, 5.41) is 19.2. The number of hydrogen-bond donors (Lipinski definition) is 3. The smallest absolute Gasteiger partial charge is 0.303 e. The summed E-state index contributed by atoms with van der Waals surface area (Å²) in [4.78, 5) is 20.9. The number of nitrogens with one attached hydrogen (secondary N) is 1. The van der Waals surface area contributed by atoms with Crippen LogP contribution in [0.15, 0.2) is 0 Å². The van der Waals surface area contributed by atoms with Crippen molar-refractivity contribution in [1.29, 1.82) is 0 Å². The SMILES string of the molecule is O=C(O)CCC(=O)NCCCCO. The average molecular weight is 189 g/mol. The van der Waals surface area contributed by atoms with Crippen molar-refractivity contribution in [3.8, 4) is 0 Å². The van der Waals surface area contributed by atoms with Crippen LogP contribution in [-0.4, -0.2) is 35.2 Å². The van der Waals surface area contributed by atoms with E-state index in [4.69, 9.17) is 10.2 Å². The van der Waals surface area contributed by atoms with Crippen LogP contribution < -0.4 is 5.32 Å². The lowest BCUT2D eigenvalue weighted by Gasteiger charge is -2.02. The second-order valence-electron chi connectivity index (χ2n) is 2.67. The quantitative estimate of drug-likeness (QED) is 0.481. The minimum absolute atomic E-state index is 0.0223. The molecule has 0 rings (SSSR count). The van der Waals surface area contributed by atoms with Crippen LogP contribution in [0.1, 0.15) is 25.7 Å². The van der Waals surface area contributed by atoms with Gasteiger partial charge in [-0.15, -0.1) is 0 Å². The average Bonchev–Trinajstić information content (AvgIpc) is 2.09. The van der Waals surface area contributed by atoms with Crippen molar-refractivity contribution in [3.63, 3.8) is 0 Å². The van der Waals surface area contributed by atoms with Crippen molar-refractivity contribution in [2.75, 3.05) is 13.2 Å². The molecule has 0 aliphatic heterocycles. The summed E-state index contributed by atoms with van der Waals surface area (Å²) in [5.41, 5.74) is 0. The van der Waals surface area contributed by atoms with Gasteiger partial charge >= 0.3 is 5.97 Å². The molecule has 0 aromatic rings. The van der Waals surface area contributed by atoms with Crippen molar-refractivity contribution in [2.24, 2.45) is 0 Å². The van der Waals surface area contributed by atoms with Gasteiger partial charge in [0.25, 0.3) is 0 Å². The lowest BCUT2D eigenvalue weighted by atomic mass is 10.3. The van der Waals surface area contributed by atoms with Gasteiger partial charge in [-0.05, 0) is 12.8 Å². The molecule has 0 aromatic heterocycles. The highest BCUT2D eigenvalue weighted by atomic mass is 16.4. The van der Waals surface area contributed by atoms with E-state index >= 15 is 0 Å². The van der Waals surface area contributed by atoms with Gasteiger partial charge < -0.3 is 15.5 Å². The third-order valence-corrected chi connectivity index (χ3v) is 1.47. The monoisotopic (exact) mass is 189 g/mol. The van der Waals surface area contributed by atoms with Crippen LogP contribution in [0.5, 0.6) is 0 Å². The van der Waals surface area contributed by atoms with Crippen LogP contribution in [0, 0.1) is 0 Å². The molecule has 13 heavy (non-hydrogen) atoms. The van der Waals surface area contributed by atoms with Crippen molar-refractivity contribution < 1.29 is 19.8 Å². The van der Waals surface area contributed by atoms with E-state index in [0.717, 1.165) is 6.42 Å². The number of hydrogen-bond acceptors (Lipinski definition) is 3. The van der Waals surface area contributed by atoms with Gasteiger partial charge in [0, 0.05) is 19.6 Å². The van der Waals surface area contributed by atoms with Gasteiger partial charge in [0.1, 0.15) is 0 Å². The van der Waals surface area contributed by atoms with Gasteiger partial charge in [0.05, 0.1) is 6.42 Å². The first kappa shape index (κ1) is 11.9. The molecule has 1 amide bonds. The van der Waals surface area contributed by atoms with Crippen LogP contribution in [0.25, 0.3) is 0 Å². The molecule has 0 fully saturated rings. The zero-order valence-corrected chi connectivity index (χ0v) is 7.45. The van der Waals surface area contributed by atoms with E-state index in [-0.39, 0.29) is 25.4 Å². The second kappa shape index (κ2) is 7.54. The molecule has 0 unspecified atom stereocenters. The molecule has 0 radical (unpaired) electrons. The number of aliphatic hydroxyl groups excluding tert-OH is 1. The summed E-state index contributed by atoms with van der Waals surface area (Å²) >= 11 is 0. The maximum atomic E-state index is 10.9. The number of aliphatic hydroxyl groups is 1. The van der Waals surface area contributed by atoms with E-state index in [1.54, 1.807) is 0 Å². The Bertz CT molecular complexity index is 170. The molecule has 0 heterocycles. The molecule has 0 aliphatic rings. The van der Waals surface area contributed by atoms with Crippen molar-refractivity contribution >= 4 is 11.9 Å². The van der Waals surface area contributed by atoms with Crippen LogP contribution in [0.3, 0.4) is 0 Å². The third-order valence-electron chi connectivity index (χ3n) is 1.47. The third kappa shape index (κ3) is 8.81. The highest BCUT2D eigenvalue weighted by molar-refractivity contribution is 5.80. The highest BCUT2D eigenvalue weighted by Gasteiger charge is 2.03. The Kier molecular flexibility index (Phi) is 6.91. The Morgan fingerprint density at radius 2 is 1.85 bits per heavy atom. The normalized spacial score (nSPS) is 9.62. The minimum atomic E-state index is -0.967. The maximum Gasteiger partial charge on any atom is 0.303 e. The van der Waals surface area contributed by atoms with Gasteiger partial charge in [-0.3, -0.25) is 9.59 Å². The highest BCUT2D eigenvalue weighted by Crippen LogP contribution is 1.89. The van der Waals surface area contributed by atoms with Crippen molar-refractivity contribution in [2.45, 2.75) is 25.7 Å². The fourth-order valence-electron chi connectivity index (χ4n) is 0.773. The summed E-state index contributed by atoms with van der Waals surface area (Å²) in [6.07, 6.45) is 1.26. The molecule has 0 aliphatic carbocycles.